The van der Waals surface area contributed by atoms with E-state index in [2.05, 4.69) is 36.1 Å². The van der Waals surface area contributed by atoms with E-state index in [4.69, 9.17) is 0 Å². The van der Waals surface area contributed by atoms with E-state index in [0.717, 1.165) is 13.1 Å². The van der Waals surface area contributed by atoms with Crippen molar-refractivity contribution in [3.63, 3.8) is 0 Å². The highest BCUT2D eigenvalue weighted by atomic mass is 16.3. The molecule has 1 fully saturated rings. The van der Waals surface area contributed by atoms with E-state index >= 15 is 0 Å². The summed E-state index contributed by atoms with van der Waals surface area (Å²) in [7, 11) is 0. The highest BCUT2D eigenvalue weighted by Crippen LogP contribution is 2.19. The molecule has 1 aliphatic heterocycles. The van der Waals surface area contributed by atoms with Crippen molar-refractivity contribution in [1.82, 2.24) is 4.90 Å². The van der Waals surface area contributed by atoms with Crippen molar-refractivity contribution in [2.75, 3.05) is 19.7 Å². The Balaban J connectivity index is 1.97. The second-order valence-corrected chi connectivity index (χ2v) is 4.85. The van der Waals surface area contributed by atoms with E-state index in [-0.39, 0.29) is 0 Å². The lowest BCUT2D eigenvalue weighted by atomic mass is 9.98. The van der Waals surface area contributed by atoms with Crippen molar-refractivity contribution in [1.29, 1.82) is 0 Å². The smallest absolute Gasteiger partial charge is 0.0471 e. The van der Waals surface area contributed by atoms with Crippen LogP contribution in [0.3, 0.4) is 0 Å². The number of aliphatic hydroxyl groups excluding tert-OH is 1. The monoisotopic (exact) mass is 219 g/mol. The second-order valence-electron chi connectivity index (χ2n) is 4.85. The van der Waals surface area contributed by atoms with Crippen LogP contribution in [0.15, 0.2) is 24.3 Å². The zero-order chi connectivity index (χ0) is 11.4. The lowest BCUT2D eigenvalue weighted by molar-refractivity contribution is 0.116. The van der Waals surface area contributed by atoms with Crippen molar-refractivity contribution >= 4 is 0 Å². The van der Waals surface area contributed by atoms with Crippen LogP contribution < -0.4 is 0 Å². The summed E-state index contributed by atoms with van der Waals surface area (Å²) in [6, 6.07) is 8.57. The molecule has 0 bridgehead atoms. The minimum atomic E-state index is 0.338. The maximum atomic E-state index is 9.20. The fraction of sp³-hybridized carbons (Fsp3) is 0.571. The molecule has 2 heteroatoms. The summed E-state index contributed by atoms with van der Waals surface area (Å²) >= 11 is 0. The third kappa shape index (κ3) is 2.83. The van der Waals surface area contributed by atoms with Gasteiger partial charge in [-0.2, -0.15) is 0 Å². The zero-order valence-electron chi connectivity index (χ0n) is 10.0. The first-order valence-electron chi connectivity index (χ1n) is 6.17. The summed E-state index contributed by atoms with van der Waals surface area (Å²) in [6.07, 6.45) is 2.40. The molecule has 0 radical (unpaired) electrons. The summed E-state index contributed by atoms with van der Waals surface area (Å²) in [5, 5.41) is 9.20. The van der Waals surface area contributed by atoms with Crippen LogP contribution in [-0.4, -0.2) is 29.7 Å². The van der Waals surface area contributed by atoms with Gasteiger partial charge in [-0.15, -0.1) is 0 Å². The van der Waals surface area contributed by atoms with Gasteiger partial charge in [-0.25, -0.2) is 0 Å². The van der Waals surface area contributed by atoms with Gasteiger partial charge in [0, 0.05) is 19.7 Å². The third-order valence-electron chi connectivity index (χ3n) is 3.52. The van der Waals surface area contributed by atoms with Gasteiger partial charge in [-0.05, 0) is 43.4 Å². The van der Waals surface area contributed by atoms with Gasteiger partial charge < -0.3 is 5.11 Å². The molecule has 0 unspecified atom stereocenters. The predicted molar refractivity (Wildman–Crippen MR) is 66.3 cm³/mol. The molecule has 0 aliphatic carbocycles. The van der Waals surface area contributed by atoms with Gasteiger partial charge >= 0.3 is 0 Å². The van der Waals surface area contributed by atoms with Crippen molar-refractivity contribution < 1.29 is 5.11 Å². The summed E-state index contributed by atoms with van der Waals surface area (Å²) in [5.74, 6) is 0.484. The first-order valence-corrected chi connectivity index (χ1v) is 6.17. The molecule has 1 heterocycles. The lowest BCUT2D eigenvalue weighted by Crippen LogP contribution is -2.36. The molecule has 16 heavy (non-hydrogen) atoms. The quantitative estimate of drug-likeness (QED) is 0.842. The van der Waals surface area contributed by atoms with Crippen LogP contribution in [0, 0.1) is 12.8 Å². The second kappa shape index (κ2) is 5.46. The van der Waals surface area contributed by atoms with Gasteiger partial charge in [0.05, 0.1) is 0 Å². The Morgan fingerprint density at radius 1 is 1.38 bits per heavy atom. The van der Waals surface area contributed by atoms with E-state index in [1.807, 2.05) is 0 Å². The van der Waals surface area contributed by atoms with Crippen LogP contribution in [0.1, 0.15) is 24.0 Å². The number of likely N-dealkylation sites (tertiary alicyclic amines) is 1. The molecule has 1 N–H and O–H groups in total. The van der Waals surface area contributed by atoms with Crippen LogP contribution in [0.2, 0.25) is 0 Å². The fourth-order valence-electron chi connectivity index (χ4n) is 2.47. The third-order valence-corrected chi connectivity index (χ3v) is 3.52. The van der Waals surface area contributed by atoms with Crippen LogP contribution in [0.25, 0.3) is 0 Å². The van der Waals surface area contributed by atoms with Gasteiger partial charge in [-0.1, -0.05) is 24.3 Å². The van der Waals surface area contributed by atoms with Crippen molar-refractivity contribution in [3.05, 3.63) is 35.4 Å². The number of hydrogen-bond donors (Lipinski definition) is 1. The summed E-state index contributed by atoms with van der Waals surface area (Å²) in [6.45, 7) is 5.76. The van der Waals surface area contributed by atoms with Crippen LogP contribution in [0.5, 0.6) is 0 Å². The number of aryl methyl sites for hydroxylation is 1. The molecule has 1 aliphatic rings. The number of piperidine rings is 1. The first-order chi connectivity index (χ1) is 7.79. The molecule has 88 valence electrons. The van der Waals surface area contributed by atoms with Gasteiger partial charge in [0.1, 0.15) is 0 Å². The minimum absolute atomic E-state index is 0.338. The fourth-order valence-corrected chi connectivity index (χ4v) is 2.47. The molecule has 0 saturated carbocycles. The largest absolute Gasteiger partial charge is 0.396 e. The summed E-state index contributed by atoms with van der Waals surface area (Å²) in [4.78, 5) is 2.46. The molecule has 1 atom stereocenters. The molecular weight excluding hydrogens is 198 g/mol. The number of rotatable bonds is 3. The van der Waals surface area contributed by atoms with E-state index < -0.39 is 0 Å². The number of aliphatic hydroxyl groups is 1. The Hall–Kier alpha value is -0.860. The molecule has 1 aromatic rings. The molecule has 0 aromatic heterocycles. The first kappa shape index (κ1) is 11.6. The van der Waals surface area contributed by atoms with Gasteiger partial charge in [-0.3, -0.25) is 4.90 Å². The van der Waals surface area contributed by atoms with Crippen molar-refractivity contribution in [2.24, 2.45) is 5.92 Å². The molecule has 0 spiro atoms. The number of hydrogen-bond acceptors (Lipinski definition) is 2. The van der Waals surface area contributed by atoms with Crippen molar-refractivity contribution in [2.45, 2.75) is 26.3 Å². The highest BCUT2D eigenvalue weighted by molar-refractivity contribution is 5.25. The lowest BCUT2D eigenvalue weighted by Gasteiger charge is -2.32. The van der Waals surface area contributed by atoms with Gasteiger partial charge in [0.25, 0.3) is 0 Å². The zero-order valence-corrected chi connectivity index (χ0v) is 10.0. The number of nitrogens with zero attached hydrogens (tertiary/aromatic N) is 1. The Kier molecular flexibility index (Phi) is 3.97. The maximum Gasteiger partial charge on any atom is 0.0471 e. The number of benzene rings is 1. The van der Waals surface area contributed by atoms with Crippen LogP contribution in [0.4, 0.5) is 0 Å². The topological polar surface area (TPSA) is 23.5 Å². The Morgan fingerprint density at radius 3 is 2.94 bits per heavy atom. The summed E-state index contributed by atoms with van der Waals surface area (Å²) in [5.41, 5.74) is 2.79. The van der Waals surface area contributed by atoms with Gasteiger partial charge in [0.15, 0.2) is 0 Å². The Bertz CT molecular complexity index is 337. The predicted octanol–water partition coefficient (Wildman–Crippen LogP) is 2.20. The normalized spacial score (nSPS) is 22.2. The van der Waals surface area contributed by atoms with E-state index in [9.17, 15) is 5.11 Å². The van der Waals surface area contributed by atoms with Crippen LogP contribution >= 0.6 is 0 Å². The van der Waals surface area contributed by atoms with Crippen molar-refractivity contribution in [3.8, 4) is 0 Å². The molecular formula is C14H21NO. The summed E-state index contributed by atoms with van der Waals surface area (Å²) < 4.78 is 0. The standard InChI is InChI=1S/C14H21NO/c1-12-5-2-3-7-14(12)10-15-8-4-6-13(9-15)11-16/h2-3,5,7,13,16H,4,6,8-11H2,1H3/t13-/m1/s1. The molecule has 0 amide bonds. The molecule has 2 nitrogen and oxygen atoms in total. The SMILES string of the molecule is Cc1ccccc1CN1CCC[C@@H](CO)C1. The Morgan fingerprint density at radius 2 is 2.19 bits per heavy atom. The average Bonchev–Trinajstić information content (AvgIpc) is 2.32. The van der Waals surface area contributed by atoms with E-state index in [1.165, 1.54) is 30.5 Å². The minimum Gasteiger partial charge on any atom is -0.396 e. The van der Waals surface area contributed by atoms with E-state index in [0.29, 0.717) is 12.5 Å². The van der Waals surface area contributed by atoms with Crippen LogP contribution in [-0.2, 0) is 6.54 Å². The molecule has 1 aromatic carbocycles. The molecule has 2 rings (SSSR count). The van der Waals surface area contributed by atoms with E-state index in [1.54, 1.807) is 0 Å². The van der Waals surface area contributed by atoms with Gasteiger partial charge in [0.2, 0.25) is 0 Å². The Labute approximate surface area is 97.9 Å². The average molecular weight is 219 g/mol. The molecule has 1 saturated heterocycles. The highest BCUT2D eigenvalue weighted by Gasteiger charge is 2.19. The maximum absolute atomic E-state index is 9.20.